The van der Waals surface area contributed by atoms with E-state index >= 15 is 0 Å². The smallest absolute Gasteiger partial charge is 0.138 e. The van der Waals surface area contributed by atoms with Crippen LogP contribution < -0.4 is 0 Å². The average molecular weight is 205 g/mol. The van der Waals surface area contributed by atoms with Crippen LogP contribution >= 0.6 is 12.6 Å². The van der Waals surface area contributed by atoms with Crippen molar-refractivity contribution in [3.05, 3.63) is 10.5 Å². The molecule has 0 bridgehead atoms. The van der Waals surface area contributed by atoms with Crippen LogP contribution in [-0.2, 0) is 0 Å². The Hall–Kier alpha value is 0.706. The summed E-state index contributed by atoms with van der Waals surface area (Å²) < 4.78 is 0. The third kappa shape index (κ3) is 6.25. The van der Waals surface area contributed by atoms with E-state index in [1.165, 1.54) is 0 Å². The van der Waals surface area contributed by atoms with Gasteiger partial charge in [-0.2, -0.15) is 10.5 Å². The summed E-state index contributed by atoms with van der Waals surface area (Å²) in [7, 11) is 0. The van der Waals surface area contributed by atoms with E-state index in [-0.39, 0.29) is 57.0 Å². The van der Waals surface area contributed by atoms with Crippen molar-refractivity contribution in [2.75, 3.05) is 0 Å². The van der Waals surface area contributed by atoms with Gasteiger partial charge in [0.05, 0.1) is 0 Å². The number of unbranched alkanes of at least 4 members (excludes halogenated alkanes) is 1. The van der Waals surface area contributed by atoms with Crippen molar-refractivity contribution in [1.29, 1.82) is 10.5 Å². The maximum Gasteiger partial charge on any atom is 0.138 e. The molecule has 0 rings (SSSR count). The fraction of sp³-hybridized carbons (Fsp3) is 0.500. The second-order valence-corrected chi connectivity index (χ2v) is 2.69. The topological polar surface area (TPSA) is 47.6 Å². The zero-order valence-corrected chi connectivity index (χ0v) is 11.5. The summed E-state index contributed by atoms with van der Waals surface area (Å²) in [6, 6.07) is 3.61. The van der Waals surface area contributed by atoms with E-state index < -0.39 is 0 Å². The fourth-order valence-corrected chi connectivity index (χ4v) is 0.881. The van der Waals surface area contributed by atoms with E-state index in [0.29, 0.717) is 4.91 Å². The van der Waals surface area contributed by atoms with Crippen molar-refractivity contribution in [2.24, 2.45) is 0 Å². The van der Waals surface area contributed by atoms with Crippen molar-refractivity contribution in [1.82, 2.24) is 0 Å². The van der Waals surface area contributed by atoms with Crippen LogP contribution in [0.1, 0.15) is 26.2 Å². The molecule has 0 unspecified atom stereocenters. The molecule has 0 N–H and O–H groups in total. The van der Waals surface area contributed by atoms with Crippen molar-refractivity contribution < 1.29 is 0 Å². The Kier molecular flexibility index (Phi) is 12.4. The summed E-state index contributed by atoms with van der Waals surface area (Å²) in [4.78, 5) is 0.608. The maximum atomic E-state index is 8.42. The van der Waals surface area contributed by atoms with Gasteiger partial charge in [0, 0.05) is 56.3 Å². The first-order chi connectivity index (χ1) is 5.26. The van der Waals surface area contributed by atoms with Crippen LogP contribution in [0.5, 0.6) is 0 Å². The van der Waals surface area contributed by atoms with Gasteiger partial charge in [0.1, 0.15) is 17.7 Å². The zero-order chi connectivity index (χ0) is 8.69. The summed E-state index contributed by atoms with van der Waals surface area (Å²) in [5.41, 5.74) is 0.141. The first-order valence-electron chi connectivity index (χ1n) is 3.48. The van der Waals surface area contributed by atoms with Gasteiger partial charge in [-0.05, 0) is 12.8 Å². The van der Waals surface area contributed by atoms with Gasteiger partial charge in [0.25, 0.3) is 0 Å². The molecule has 12 heavy (non-hydrogen) atoms. The van der Waals surface area contributed by atoms with Gasteiger partial charge >= 0.3 is 0 Å². The second-order valence-electron chi connectivity index (χ2n) is 2.15. The van der Waals surface area contributed by atoms with Gasteiger partial charge in [-0.1, -0.05) is 13.3 Å². The normalized spacial score (nSPS) is 7.33. The minimum Gasteiger partial charge on any atom is -0.192 e. The fourth-order valence-electron chi connectivity index (χ4n) is 0.623. The van der Waals surface area contributed by atoms with Crippen LogP contribution in [0.15, 0.2) is 10.5 Å². The Morgan fingerprint density at radius 3 is 2.17 bits per heavy atom. The predicted octanol–water partition coefficient (Wildman–Crippen LogP) is 2.03. The Labute approximate surface area is 121 Å². The molecule has 0 aromatic rings. The van der Waals surface area contributed by atoms with Gasteiger partial charge < -0.3 is 0 Å². The number of allylic oxidation sites excluding steroid dienone is 2. The monoisotopic (exact) mass is 205 g/mol. The van der Waals surface area contributed by atoms with Crippen molar-refractivity contribution in [2.45, 2.75) is 26.2 Å². The molecule has 0 spiro atoms. The van der Waals surface area contributed by atoms with Crippen LogP contribution in [0.2, 0.25) is 0 Å². The third-order valence-electron chi connectivity index (χ3n) is 1.28. The third-order valence-corrected chi connectivity index (χ3v) is 1.73. The molecular formula is C8H10KN2S. The molecule has 0 aromatic heterocycles. The molecule has 0 aliphatic heterocycles. The van der Waals surface area contributed by atoms with Gasteiger partial charge in [-0.15, -0.1) is 12.6 Å². The standard InChI is InChI=1S/C8H10N2S.K/c1-2-3-4-8(11)7(5-9)6-10;/h11H,2-4H2,1H3;. The average Bonchev–Trinajstić information content (AvgIpc) is 2.03. The molecule has 0 aromatic carbocycles. The molecule has 0 aliphatic rings. The number of nitriles is 2. The SMILES string of the molecule is CCCCC(S)=C(C#N)C#N.[K]. The first kappa shape index (κ1) is 15.2. The van der Waals surface area contributed by atoms with Crippen LogP contribution in [-0.4, -0.2) is 51.4 Å². The molecule has 0 amide bonds. The van der Waals surface area contributed by atoms with E-state index in [0.717, 1.165) is 19.3 Å². The molecule has 0 heterocycles. The predicted molar refractivity (Wildman–Crippen MR) is 52.5 cm³/mol. The first-order valence-corrected chi connectivity index (χ1v) is 3.93. The summed E-state index contributed by atoms with van der Waals surface area (Å²) >= 11 is 4.05. The number of hydrogen-bond acceptors (Lipinski definition) is 3. The summed E-state index contributed by atoms with van der Waals surface area (Å²) in [5.74, 6) is 0. The number of nitrogens with zero attached hydrogens (tertiary/aromatic N) is 2. The Balaban J connectivity index is 0. The molecule has 4 heteroatoms. The van der Waals surface area contributed by atoms with Crippen molar-refractivity contribution in [3.8, 4) is 12.1 Å². The number of thiol groups is 1. The minimum absolute atomic E-state index is 0. The molecule has 0 saturated carbocycles. The zero-order valence-electron chi connectivity index (χ0n) is 7.46. The largest absolute Gasteiger partial charge is 0.192 e. The summed E-state index contributed by atoms with van der Waals surface area (Å²) in [6.07, 6.45) is 2.76. The molecule has 0 atom stereocenters. The van der Waals surface area contributed by atoms with E-state index in [9.17, 15) is 0 Å². The minimum atomic E-state index is 0. The van der Waals surface area contributed by atoms with Crippen LogP contribution in [0.25, 0.3) is 0 Å². The van der Waals surface area contributed by atoms with Gasteiger partial charge in [-0.3, -0.25) is 0 Å². The van der Waals surface area contributed by atoms with Crippen LogP contribution in [0.4, 0.5) is 0 Å². The number of hydrogen-bond donors (Lipinski definition) is 1. The van der Waals surface area contributed by atoms with Crippen molar-refractivity contribution >= 4 is 64.0 Å². The maximum absolute atomic E-state index is 8.42. The summed E-state index contributed by atoms with van der Waals surface area (Å²) in [5, 5.41) is 16.8. The van der Waals surface area contributed by atoms with Crippen LogP contribution in [0.3, 0.4) is 0 Å². The van der Waals surface area contributed by atoms with Crippen molar-refractivity contribution in [3.63, 3.8) is 0 Å². The Morgan fingerprint density at radius 1 is 1.33 bits per heavy atom. The molecule has 1 radical (unpaired) electrons. The molecule has 0 aliphatic carbocycles. The van der Waals surface area contributed by atoms with E-state index in [2.05, 4.69) is 19.6 Å². The van der Waals surface area contributed by atoms with E-state index in [1.54, 1.807) is 12.1 Å². The molecule has 0 fully saturated rings. The second kappa shape index (κ2) is 9.79. The van der Waals surface area contributed by atoms with Gasteiger partial charge in [0.15, 0.2) is 0 Å². The molecule has 2 nitrogen and oxygen atoms in total. The van der Waals surface area contributed by atoms with Crippen LogP contribution in [0, 0.1) is 22.7 Å². The Bertz CT molecular complexity index is 218. The van der Waals surface area contributed by atoms with Gasteiger partial charge in [-0.25, -0.2) is 0 Å². The molecular weight excluding hydrogens is 195 g/mol. The Morgan fingerprint density at radius 2 is 1.83 bits per heavy atom. The molecule has 59 valence electrons. The number of rotatable bonds is 3. The summed E-state index contributed by atoms with van der Waals surface area (Å²) in [6.45, 7) is 2.06. The van der Waals surface area contributed by atoms with E-state index in [4.69, 9.17) is 10.5 Å². The van der Waals surface area contributed by atoms with Gasteiger partial charge in [0.2, 0.25) is 0 Å². The quantitative estimate of drug-likeness (QED) is 0.435. The van der Waals surface area contributed by atoms with E-state index in [1.807, 2.05) is 0 Å². The molecule has 0 saturated heterocycles.